The standard InChI is InChI=1S/C13H13ClFN3O2/c1-18-7-8(5-17-18)12(19)6-16-13(20)10-3-2-9(15)4-11(10)14/h2-5,7,12,19H,6H2,1H3,(H,16,20)/t12-/m0/s1. The molecular weight excluding hydrogens is 285 g/mol. The summed E-state index contributed by atoms with van der Waals surface area (Å²) in [6.07, 6.45) is 2.30. The summed E-state index contributed by atoms with van der Waals surface area (Å²) in [6.45, 7) is 0.0121. The summed E-state index contributed by atoms with van der Waals surface area (Å²) >= 11 is 5.78. The molecular formula is C13H13ClFN3O2. The SMILES string of the molecule is Cn1cc([C@@H](O)CNC(=O)c2ccc(F)cc2Cl)cn1. The molecule has 1 amide bonds. The molecule has 0 saturated heterocycles. The number of nitrogens with one attached hydrogen (secondary N) is 1. The minimum atomic E-state index is -0.869. The zero-order valence-electron chi connectivity index (χ0n) is 10.7. The van der Waals surface area contributed by atoms with Gasteiger partial charge in [0, 0.05) is 25.4 Å². The average molecular weight is 298 g/mol. The molecule has 1 heterocycles. The summed E-state index contributed by atoms with van der Waals surface area (Å²) < 4.78 is 14.4. The van der Waals surface area contributed by atoms with Crippen LogP contribution in [-0.4, -0.2) is 27.3 Å². The van der Waals surface area contributed by atoms with E-state index in [4.69, 9.17) is 11.6 Å². The number of aromatic nitrogens is 2. The van der Waals surface area contributed by atoms with Crippen LogP contribution in [0, 0.1) is 5.82 Å². The molecule has 0 bridgehead atoms. The Balaban J connectivity index is 1.98. The molecule has 20 heavy (non-hydrogen) atoms. The van der Waals surface area contributed by atoms with E-state index in [1.165, 1.54) is 12.3 Å². The van der Waals surface area contributed by atoms with Crippen molar-refractivity contribution in [2.75, 3.05) is 6.54 Å². The minimum Gasteiger partial charge on any atom is -0.386 e. The fraction of sp³-hybridized carbons (Fsp3) is 0.231. The second-order valence-corrected chi connectivity index (χ2v) is 4.70. The Labute approximate surface area is 120 Å². The molecule has 1 aromatic heterocycles. The maximum atomic E-state index is 12.9. The number of amides is 1. The summed E-state index contributed by atoms with van der Waals surface area (Å²) in [5.41, 5.74) is 0.754. The van der Waals surface area contributed by atoms with E-state index in [1.807, 2.05) is 0 Å². The van der Waals surface area contributed by atoms with Crippen LogP contribution in [0.5, 0.6) is 0 Å². The topological polar surface area (TPSA) is 67.2 Å². The Morgan fingerprint density at radius 3 is 2.95 bits per heavy atom. The number of halogens is 2. The molecule has 2 N–H and O–H groups in total. The zero-order valence-corrected chi connectivity index (χ0v) is 11.4. The van der Waals surface area contributed by atoms with E-state index in [9.17, 15) is 14.3 Å². The molecule has 5 nitrogen and oxygen atoms in total. The Bertz CT molecular complexity index is 630. The van der Waals surface area contributed by atoms with Gasteiger partial charge >= 0.3 is 0 Å². The van der Waals surface area contributed by atoms with Crippen molar-refractivity contribution in [3.63, 3.8) is 0 Å². The highest BCUT2D eigenvalue weighted by Gasteiger charge is 2.14. The van der Waals surface area contributed by atoms with E-state index in [0.29, 0.717) is 5.56 Å². The Morgan fingerprint density at radius 1 is 1.60 bits per heavy atom. The largest absolute Gasteiger partial charge is 0.386 e. The monoisotopic (exact) mass is 297 g/mol. The summed E-state index contributed by atoms with van der Waals surface area (Å²) in [6, 6.07) is 3.51. The molecule has 7 heteroatoms. The zero-order chi connectivity index (χ0) is 14.7. The Morgan fingerprint density at radius 2 is 2.35 bits per heavy atom. The number of carbonyl (C=O) groups is 1. The van der Waals surface area contributed by atoms with E-state index < -0.39 is 17.8 Å². The third-order valence-corrected chi connectivity index (χ3v) is 3.05. The van der Waals surface area contributed by atoms with Crippen molar-refractivity contribution in [2.45, 2.75) is 6.10 Å². The number of aliphatic hydroxyl groups is 1. The van der Waals surface area contributed by atoms with Crippen LogP contribution in [0.4, 0.5) is 4.39 Å². The highest BCUT2D eigenvalue weighted by molar-refractivity contribution is 6.33. The molecule has 0 spiro atoms. The molecule has 1 aromatic carbocycles. The van der Waals surface area contributed by atoms with E-state index >= 15 is 0 Å². The molecule has 0 aliphatic heterocycles. The predicted octanol–water partition coefficient (Wildman–Crippen LogP) is 1.68. The Kier molecular flexibility index (Phi) is 4.36. The van der Waals surface area contributed by atoms with Gasteiger partial charge in [0.2, 0.25) is 0 Å². The molecule has 2 aromatic rings. The molecule has 2 rings (SSSR count). The van der Waals surface area contributed by atoms with Crippen LogP contribution in [-0.2, 0) is 7.05 Å². The third kappa shape index (κ3) is 3.34. The third-order valence-electron chi connectivity index (χ3n) is 2.74. The maximum Gasteiger partial charge on any atom is 0.252 e. The molecule has 0 unspecified atom stereocenters. The van der Waals surface area contributed by atoms with E-state index in [0.717, 1.165) is 12.1 Å². The lowest BCUT2D eigenvalue weighted by molar-refractivity contribution is 0.0916. The number of benzene rings is 1. The normalized spacial score (nSPS) is 12.2. The smallest absolute Gasteiger partial charge is 0.252 e. The summed E-state index contributed by atoms with van der Waals surface area (Å²) in [5, 5.41) is 16.4. The number of carbonyl (C=O) groups excluding carboxylic acids is 1. The van der Waals surface area contributed by atoms with Gasteiger partial charge in [-0.15, -0.1) is 0 Å². The van der Waals surface area contributed by atoms with Crippen LogP contribution in [0.2, 0.25) is 5.02 Å². The van der Waals surface area contributed by atoms with Crippen molar-refractivity contribution in [2.24, 2.45) is 7.05 Å². The Hall–Kier alpha value is -1.92. The second kappa shape index (κ2) is 6.02. The van der Waals surface area contributed by atoms with Crippen LogP contribution >= 0.6 is 11.6 Å². The first-order chi connectivity index (χ1) is 9.47. The van der Waals surface area contributed by atoms with Gasteiger partial charge in [-0.25, -0.2) is 4.39 Å². The molecule has 0 saturated carbocycles. The number of rotatable bonds is 4. The molecule has 0 fully saturated rings. The quantitative estimate of drug-likeness (QED) is 0.902. The summed E-state index contributed by atoms with van der Waals surface area (Å²) in [5.74, 6) is -0.986. The first kappa shape index (κ1) is 14.5. The minimum absolute atomic E-state index is 0.0121. The molecule has 1 atom stereocenters. The number of hydrogen-bond acceptors (Lipinski definition) is 3. The van der Waals surface area contributed by atoms with Gasteiger partial charge in [0.05, 0.1) is 22.9 Å². The van der Waals surface area contributed by atoms with Gasteiger partial charge in [-0.3, -0.25) is 9.48 Å². The average Bonchev–Trinajstić information content (AvgIpc) is 2.82. The van der Waals surface area contributed by atoms with Crippen molar-refractivity contribution >= 4 is 17.5 Å². The van der Waals surface area contributed by atoms with Crippen molar-refractivity contribution in [3.05, 3.63) is 52.6 Å². The van der Waals surface area contributed by atoms with Gasteiger partial charge in [-0.1, -0.05) is 11.6 Å². The lowest BCUT2D eigenvalue weighted by Gasteiger charge is -2.11. The first-order valence-electron chi connectivity index (χ1n) is 5.87. The predicted molar refractivity (Wildman–Crippen MR) is 71.9 cm³/mol. The van der Waals surface area contributed by atoms with Crippen LogP contribution in [0.1, 0.15) is 22.0 Å². The number of aliphatic hydroxyl groups excluding tert-OH is 1. The number of hydrogen-bond donors (Lipinski definition) is 2. The van der Waals surface area contributed by atoms with Gasteiger partial charge in [0.15, 0.2) is 0 Å². The number of aryl methyl sites for hydroxylation is 1. The van der Waals surface area contributed by atoms with Gasteiger partial charge < -0.3 is 10.4 Å². The lowest BCUT2D eigenvalue weighted by atomic mass is 10.2. The molecule has 0 radical (unpaired) electrons. The van der Waals surface area contributed by atoms with Gasteiger partial charge in [0.25, 0.3) is 5.91 Å². The summed E-state index contributed by atoms with van der Waals surface area (Å²) in [7, 11) is 1.73. The van der Waals surface area contributed by atoms with Crippen LogP contribution < -0.4 is 5.32 Å². The van der Waals surface area contributed by atoms with Crippen LogP contribution in [0.25, 0.3) is 0 Å². The van der Waals surface area contributed by atoms with Crippen molar-refractivity contribution < 1.29 is 14.3 Å². The highest BCUT2D eigenvalue weighted by atomic mass is 35.5. The van der Waals surface area contributed by atoms with Crippen LogP contribution in [0.3, 0.4) is 0 Å². The molecule has 106 valence electrons. The van der Waals surface area contributed by atoms with Crippen LogP contribution in [0.15, 0.2) is 30.6 Å². The van der Waals surface area contributed by atoms with Crippen molar-refractivity contribution in [3.8, 4) is 0 Å². The van der Waals surface area contributed by atoms with Crippen molar-refractivity contribution in [1.29, 1.82) is 0 Å². The van der Waals surface area contributed by atoms with Gasteiger partial charge in [-0.05, 0) is 18.2 Å². The summed E-state index contributed by atoms with van der Waals surface area (Å²) in [4.78, 5) is 11.9. The van der Waals surface area contributed by atoms with E-state index in [-0.39, 0.29) is 17.1 Å². The van der Waals surface area contributed by atoms with E-state index in [1.54, 1.807) is 17.9 Å². The molecule has 0 aliphatic carbocycles. The van der Waals surface area contributed by atoms with Gasteiger partial charge in [0.1, 0.15) is 5.82 Å². The van der Waals surface area contributed by atoms with E-state index in [2.05, 4.69) is 10.4 Å². The van der Waals surface area contributed by atoms with Crippen molar-refractivity contribution in [1.82, 2.24) is 15.1 Å². The highest BCUT2D eigenvalue weighted by Crippen LogP contribution is 2.17. The molecule has 0 aliphatic rings. The fourth-order valence-electron chi connectivity index (χ4n) is 1.69. The fourth-order valence-corrected chi connectivity index (χ4v) is 1.94. The van der Waals surface area contributed by atoms with Gasteiger partial charge in [-0.2, -0.15) is 5.10 Å². The maximum absolute atomic E-state index is 12.9. The number of nitrogens with zero attached hydrogens (tertiary/aromatic N) is 2. The lowest BCUT2D eigenvalue weighted by Crippen LogP contribution is -2.28. The first-order valence-corrected chi connectivity index (χ1v) is 6.25. The second-order valence-electron chi connectivity index (χ2n) is 4.30.